The Bertz CT molecular complexity index is 676. The van der Waals surface area contributed by atoms with Gasteiger partial charge >= 0.3 is 12.1 Å². The van der Waals surface area contributed by atoms with E-state index in [4.69, 9.17) is 5.11 Å². The summed E-state index contributed by atoms with van der Waals surface area (Å²) in [6, 6.07) is -0.118. The SMILES string of the molecule is CC(=O)Nc1cc(C(=O)NC(CC(F)F)C(=O)O)cc(C(F)(F)F)c1. The first kappa shape index (κ1) is 20.3. The highest BCUT2D eigenvalue weighted by atomic mass is 19.4. The minimum absolute atomic E-state index is 0.354. The zero-order valence-electron chi connectivity index (χ0n) is 12.7. The minimum Gasteiger partial charge on any atom is -0.480 e. The third-order valence-corrected chi connectivity index (χ3v) is 2.86. The maximum atomic E-state index is 12.9. The molecule has 6 nitrogen and oxygen atoms in total. The van der Waals surface area contributed by atoms with Crippen LogP contribution in [-0.2, 0) is 15.8 Å². The second-order valence-electron chi connectivity index (χ2n) is 4.97. The Morgan fingerprint density at radius 1 is 1.16 bits per heavy atom. The van der Waals surface area contributed by atoms with Crippen LogP contribution < -0.4 is 10.6 Å². The van der Waals surface area contributed by atoms with Gasteiger partial charge in [0.2, 0.25) is 12.3 Å². The molecule has 1 atom stereocenters. The van der Waals surface area contributed by atoms with E-state index in [-0.39, 0.29) is 5.69 Å². The predicted octanol–water partition coefficient (Wildman–Crippen LogP) is 2.50. The molecule has 25 heavy (non-hydrogen) atoms. The van der Waals surface area contributed by atoms with Gasteiger partial charge in [0, 0.05) is 24.6 Å². The van der Waals surface area contributed by atoms with Crippen molar-refractivity contribution in [1.82, 2.24) is 5.32 Å². The fourth-order valence-electron chi connectivity index (χ4n) is 1.84. The highest BCUT2D eigenvalue weighted by Gasteiger charge is 2.32. The zero-order chi connectivity index (χ0) is 19.4. The van der Waals surface area contributed by atoms with Crippen molar-refractivity contribution in [2.24, 2.45) is 0 Å². The van der Waals surface area contributed by atoms with E-state index in [9.17, 15) is 36.3 Å². The number of benzene rings is 1. The van der Waals surface area contributed by atoms with Crippen LogP contribution in [0.25, 0.3) is 0 Å². The van der Waals surface area contributed by atoms with E-state index < -0.39 is 54.0 Å². The maximum absolute atomic E-state index is 12.9. The third-order valence-electron chi connectivity index (χ3n) is 2.86. The monoisotopic (exact) mass is 368 g/mol. The van der Waals surface area contributed by atoms with Crippen LogP contribution in [0.4, 0.5) is 27.6 Å². The number of alkyl halides is 5. The molecule has 0 spiro atoms. The summed E-state index contributed by atoms with van der Waals surface area (Å²) in [5.74, 6) is -3.76. The summed E-state index contributed by atoms with van der Waals surface area (Å²) in [6.45, 7) is 1.03. The predicted molar refractivity (Wildman–Crippen MR) is 75.3 cm³/mol. The highest BCUT2D eigenvalue weighted by Crippen LogP contribution is 2.32. The Hall–Kier alpha value is -2.72. The third kappa shape index (κ3) is 6.36. The van der Waals surface area contributed by atoms with Crippen LogP contribution in [0.2, 0.25) is 0 Å². The lowest BCUT2D eigenvalue weighted by Crippen LogP contribution is -2.42. The van der Waals surface area contributed by atoms with E-state index in [1.807, 2.05) is 0 Å². The minimum atomic E-state index is -4.85. The number of nitrogens with one attached hydrogen (secondary N) is 2. The van der Waals surface area contributed by atoms with E-state index in [1.54, 1.807) is 5.32 Å². The number of carbonyl (C=O) groups excluding carboxylic acids is 2. The summed E-state index contributed by atoms with van der Waals surface area (Å²) in [5, 5.41) is 12.6. The molecule has 1 unspecified atom stereocenters. The van der Waals surface area contributed by atoms with Gasteiger partial charge < -0.3 is 15.7 Å². The van der Waals surface area contributed by atoms with Gasteiger partial charge in [0.15, 0.2) is 0 Å². The van der Waals surface area contributed by atoms with Gasteiger partial charge in [-0.1, -0.05) is 0 Å². The van der Waals surface area contributed by atoms with Crippen LogP contribution in [-0.4, -0.2) is 35.4 Å². The lowest BCUT2D eigenvalue weighted by molar-refractivity contribution is -0.140. The molecule has 1 aromatic rings. The molecule has 0 aliphatic carbocycles. The van der Waals surface area contributed by atoms with Crippen LogP contribution in [0.1, 0.15) is 29.3 Å². The number of anilines is 1. The van der Waals surface area contributed by atoms with Crippen molar-refractivity contribution >= 4 is 23.5 Å². The molecule has 138 valence electrons. The summed E-state index contributed by atoms with van der Waals surface area (Å²) in [7, 11) is 0. The van der Waals surface area contributed by atoms with E-state index in [0.29, 0.717) is 12.1 Å². The molecule has 0 aliphatic heterocycles. The van der Waals surface area contributed by atoms with E-state index in [1.165, 1.54) is 0 Å². The van der Waals surface area contributed by atoms with Crippen LogP contribution in [0.3, 0.4) is 0 Å². The quantitative estimate of drug-likeness (QED) is 0.673. The number of carboxylic acids is 1. The second-order valence-corrected chi connectivity index (χ2v) is 4.97. The molecule has 1 rings (SSSR count). The fourth-order valence-corrected chi connectivity index (χ4v) is 1.84. The number of aliphatic carboxylic acids is 1. The molecule has 0 bridgehead atoms. The number of halogens is 5. The number of hydrogen-bond donors (Lipinski definition) is 3. The second kappa shape index (κ2) is 7.90. The molecule has 0 aromatic heterocycles. The Kier molecular flexibility index (Phi) is 6.42. The van der Waals surface area contributed by atoms with Crippen molar-refractivity contribution in [1.29, 1.82) is 0 Å². The van der Waals surface area contributed by atoms with Crippen molar-refractivity contribution in [3.63, 3.8) is 0 Å². The van der Waals surface area contributed by atoms with Gasteiger partial charge in [0.25, 0.3) is 5.91 Å². The van der Waals surface area contributed by atoms with Gasteiger partial charge in [-0.3, -0.25) is 9.59 Å². The molecule has 1 aromatic carbocycles. The van der Waals surface area contributed by atoms with Crippen LogP contribution in [0.5, 0.6) is 0 Å². The van der Waals surface area contributed by atoms with E-state index >= 15 is 0 Å². The normalized spacial score (nSPS) is 12.6. The Morgan fingerprint density at radius 3 is 2.20 bits per heavy atom. The number of hydrogen-bond acceptors (Lipinski definition) is 3. The van der Waals surface area contributed by atoms with Gasteiger partial charge in [0.05, 0.1) is 5.56 Å². The lowest BCUT2D eigenvalue weighted by atomic mass is 10.1. The number of carboxylic acid groups (broad SMARTS) is 1. The molecule has 0 saturated heterocycles. The van der Waals surface area contributed by atoms with Crippen molar-refractivity contribution < 1.29 is 41.4 Å². The zero-order valence-corrected chi connectivity index (χ0v) is 12.7. The largest absolute Gasteiger partial charge is 0.480 e. The van der Waals surface area contributed by atoms with Gasteiger partial charge in [-0.15, -0.1) is 0 Å². The standard InChI is InChI=1S/C14H13F5N2O4/c1-6(22)20-9-3-7(2-8(4-9)14(17,18)19)12(23)21-10(13(24)25)5-11(15)16/h2-4,10-11H,5H2,1H3,(H,20,22)(H,21,23)(H,24,25). The van der Waals surface area contributed by atoms with E-state index in [2.05, 4.69) is 5.32 Å². The van der Waals surface area contributed by atoms with Crippen molar-refractivity contribution in [2.75, 3.05) is 5.32 Å². The summed E-state index contributed by atoms with van der Waals surface area (Å²) in [5.41, 5.74) is -2.27. The van der Waals surface area contributed by atoms with Crippen LogP contribution in [0, 0.1) is 0 Å². The maximum Gasteiger partial charge on any atom is 0.416 e. The first-order chi connectivity index (χ1) is 11.4. The first-order valence-electron chi connectivity index (χ1n) is 6.72. The lowest BCUT2D eigenvalue weighted by Gasteiger charge is -2.16. The Balaban J connectivity index is 3.18. The molecule has 2 amide bonds. The molecule has 0 fully saturated rings. The summed E-state index contributed by atoms with van der Waals surface area (Å²) < 4.78 is 63.3. The van der Waals surface area contributed by atoms with Gasteiger partial charge in [0.1, 0.15) is 6.04 Å². The molecule has 0 saturated carbocycles. The highest BCUT2D eigenvalue weighted by molar-refractivity contribution is 5.98. The molecule has 0 heterocycles. The molecule has 0 aliphatic rings. The van der Waals surface area contributed by atoms with Crippen molar-refractivity contribution in [2.45, 2.75) is 32.0 Å². The topological polar surface area (TPSA) is 95.5 Å². The molecular weight excluding hydrogens is 355 g/mol. The van der Waals surface area contributed by atoms with Gasteiger partial charge in [-0.2, -0.15) is 13.2 Å². The average molecular weight is 368 g/mol. The Labute approximate surface area is 138 Å². The summed E-state index contributed by atoms with van der Waals surface area (Å²) in [6.07, 6.45) is -9.10. The number of amides is 2. The summed E-state index contributed by atoms with van der Waals surface area (Å²) >= 11 is 0. The van der Waals surface area contributed by atoms with E-state index in [0.717, 1.165) is 13.0 Å². The number of rotatable bonds is 6. The summed E-state index contributed by atoms with van der Waals surface area (Å²) in [4.78, 5) is 33.8. The van der Waals surface area contributed by atoms with Crippen molar-refractivity contribution in [3.05, 3.63) is 29.3 Å². The van der Waals surface area contributed by atoms with Crippen LogP contribution >= 0.6 is 0 Å². The van der Waals surface area contributed by atoms with Crippen molar-refractivity contribution in [3.8, 4) is 0 Å². The fraction of sp³-hybridized carbons (Fsp3) is 0.357. The van der Waals surface area contributed by atoms with Gasteiger partial charge in [-0.25, -0.2) is 13.6 Å². The molecule has 11 heteroatoms. The molecular formula is C14H13F5N2O4. The van der Waals surface area contributed by atoms with Gasteiger partial charge in [-0.05, 0) is 18.2 Å². The molecule has 3 N–H and O–H groups in total. The molecule has 0 radical (unpaired) electrons. The van der Waals surface area contributed by atoms with Crippen LogP contribution in [0.15, 0.2) is 18.2 Å². The first-order valence-corrected chi connectivity index (χ1v) is 6.72. The Morgan fingerprint density at radius 2 is 1.76 bits per heavy atom. The average Bonchev–Trinajstić information content (AvgIpc) is 2.43. The number of carbonyl (C=O) groups is 3. The smallest absolute Gasteiger partial charge is 0.416 e.